The van der Waals surface area contributed by atoms with E-state index in [9.17, 15) is 4.79 Å². The maximum atomic E-state index is 12.4. The molecule has 0 aliphatic carbocycles. The van der Waals surface area contributed by atoms with Crippen LogP contribution in [0.15, 0.2) is 24.1 Å². The van der Waals surface area contributed by atoms with Gasteiger partial charge in [-0.05, 0) is 46.6 Å². The number of carbonyl (C=O) groups excluding carboxylic acids is 1. The summed E-state index contributed by atoms with van der Waals surface area (Å²) in [5.74, 6) is 0.813. The van der Waals surface area contributed by atoms with Crippen molar-refractivity contribution in [1.82, 2.24) is 0 Å². The number of allylic oxidation sites excluding steroid dienone is 1. The van der Waals surface area contributed by atoms with Crippen molar-refractivity contribution >= 4 is 22.7 Å². The second-order valence-corrected chi connectivity index (χ2v) is 9.61. The molecule has 0 saturated heterocycles. The molecule has 22 heavy (non-hydrogen) atoms. The van der Waals surface area contributed by atoms with Gasteiger partial charge >= 0.3 is 0 Å². The zero-order valence-electron chi connectivity index (χ0n) is 15.2. The predicted octanol–water partition coefficient (Wildman–Crippen LogP) is 6.60. The van der Waals surface area contributed by atoms with Gasteiger partial charge in [-0.3, -0.25) is 4.79 Å². The third-order valence-electron chi connectivity index (χ3n) is 4.09. The Kier molecular flexibility index (Phi) is 6.61. The molecule has 0 amide bonds. The van der Waals surface area contributed by atoms with Crippen molar-refractivity contribution in [2.24, 2.45) is 16.7 Å². The number of carbonyl (C=O) groups is 1. The van der Waals surface area contributed by atoms with Crippen LogP contribution in [-0.4, -0.2) is 5.78 Å². The average Bonchev–Trinajstić information content (AvgIpc) is 2.83. The minimum absolute atomic E-state index is 0.0834. The molecule has 1 heterocycles. The molecule has 0 aliphatic heterocycles. The molecule has 1 atom stereocenters. The molecule has 1 unspecified atom stereocenters. The Hall–Kier alpha value is -0.890. The van der Waals surface area contributed by atoms with Crippen LogP contribution in [0.4, 0.5) is 0 Å². The van der Waals surface area contributed by atoms with Crippen molar-refractivity contribution in [2.75, 3.05) is 0 Å². The number of rotatable bonds is 7. The van der Waals surface area contributed by atoms with Gasteiger partial charge in [0, 0.05) is 17.7 Å². The summed E-state index contributed by atoms with van der Waals surface area (Å²) in [5.41, 5.74) is 1.44. The Morgan fingerprint density at radius 3 is 2.32 bits per heavy atom. The van der Waals surface area contributed by atoms with Crippen LogP contribution in [-0.2, 0) is 4.79 Å². The third kappa shape index (κ3) is 6.91. The van der Waals surface area contributed by atoms with Crippen molar-refractivity contribution in [1.29, 1.82) is 0 Å². The number of hydrogen-bond acceptors (Lipinski definition) is 2. The van der Waals surface area contributed by atoms with Crippen molar-refractivity contribution in [3.63, 3.8) is 0 Å². The molecule has 2 heteroatoms. The third-order valence-corrected chi connectivity index (χ3v) is 5.06. The lowest BCUT2D eigenvalue weighted by molar-refractivity contribution is -0.122. The van der Waals surface area contributed by atoms with Crippen LogP contribution in [0.2, 0.25) is 0 Å². The summed E-state index contributed by atoms with van der Waals surface area (Å²) in [7, 11) is 0. The number of hydrogen-bond donors (Lipinski definition) is 0. The van der Waals surface area contributed by atoms with E-state index in [2.05, 4.69) is 65.6 Å². The first kappa shape index (κ1) is 19.2. The summed E-state index contributed by atoms with van der Waals surface area (Å²) in [4.78, 5) is 13.6. The SMILES string of the molecule is C=C(CCC(CC(=O)CC(C)(C)C)C(C)(C)C)c1cccs1. The number of Topliss-reactive ketones (excluding diaryl/α,β-unsaturated/α-hetero) is 1. The number of thiophene rings is 1. The van der Waals surface area contributed by atoms with Crippen molar-refractivity contribution < 1.29 is 4.79 Å². The molecule has 1 aromatic heterocycles. The molecule has 0 spiro atoms. The van der Waals surface area contributed by atoms with E-state index in [4.69, 9.17) is 0 Å². The molecular weight excluding hydrogens is 288 g/mol. The first-order valence-corrected chi connectivity index (χ1v) is 9.10. The van der Waals surface area contributed by atoms with E-state index in [1.54, 1.807) is 11.3 Å². The Balaban J connectivity index is 2.62. The smallest absolute Gasteiger partial charge is 0.133 e. The summed E-state index contributed by atoms with van der Waals surface area (Å²) in [6, 6.07) is 4.20. The first-order chi connectivity index (χ1) is 9.99. The average molecular weight is 321 g/mol. The summed E-state index contributed by atoms with van der Waals surface area (Å²) >= 11 is 1.75. The number of ketones is 1. The topological polar surface area (TPSA) is 17.1 Å². The molecule has 1 rings (SSSR count). The van der Waals surface area contributed by atoms with Crippen LogP contribution in [0.25, 0.3) is 5.57 Å². The van der Waals surface area contributed by atoms with Crippen LogP contribution in [0.5, 0.6) is 0 Å². The maximum absolute atomic E-state index is 12.4. The van der Waals surface area contributed by atoms with Gasteiger partial charge in [0.1, 0.15) is 5.78 Å². The largest absolute Gasteiger partial charge is 0.300 e. The summed E-state index contributed by atoms with van der Waals surface area (Å²) < 4.78 is 0. The lowest BCUT2D eigenvalue weighted by Gasteiger charge is -2.31. The molecule has 1 aromatic rings. The van der Waals surface area contributed by atoms with Crippen LogP contribution in [0.3, 0.4) is 0 Å². The highest BCUT2D eigenvalue weighted by atomic mass is 32.1. The molecule has 0 saturated carbocycles. The summed E-state index contributed by atoms with van der Waals surface area (Å²) in [6.45, 7) is 17.4. The fraction of sp³-hybridized carbons (Fsp3) is 0.650. The predicted molar refractivity (Wildman–Crippen MR) is 99.2 cm³/mol. The Labute approximate surface area is 140 Å². The van der Waals surface area contributed by atoms with E-state index in [0.29, 0.717) is 24.5 Å². The lowest BCUT2D eigenvalue weighted by atomic mass is 9.73. The van der Waals surface area contributed by atoms with Crippen LogP contribution >= 0.6 is 11.3 Å². The second kappa shape index (κ2) is 7.59. The molecule has 1 nitrogen and oxygen atoms in total. The molecule has 0 radical (unpaired) electrons. The second-order valence-electron chi connectivity index (χ2n) is 8.66. The van der Waals surface area contributed by atoms with Gasteiger partial charge in [0.15, 0.2) is 0 Å². The van der Waals surface area contributed by atoms with Gasteiger partial charge in [0.25, 0.3) is 0 Å². The first-order valence-electron chi connectivity index (χ1n) is 8.22. The van der Waals surface area contributed by atoms with E-state index in [0.717, 1.165) is 12.8 Å². The van der Waals surface area contributed by atoms with E-state index in [-0.39, 0.29) is 10.8 Å². The van der Waals surface area contributed by atoms with E-state index >= 15 is 0 Å². The van der Waals surface area contributed by atoms with Gasteiger partial charge in [0.05, 0.1) is 0 Å². The fourth-order valence-electron chi connectivity index (χ4n) is 2.73. The molecule has 0 aromatic carbocycles. The molecule has 0 bridgehead atoms. The zero-order valence-corrected chi connectivity index (χ0v) is 16.0. The minimum Gasteiger partial charge on any atom is -0.300 e. The monoisotopic (exact) mass is 320 g/mol. The van der Waals surface area contributed by atoms with E-state index < -0.39 is 0 Å². The van der Waals surface area contributed by atoms with Crippen LogP contribution in [0, 0.1) is 16.7 Å². The Bertz CT molecular complexity index is 483. The molecule has 0 aliphatic rings. The normalized spacial score (nSPS) is 13.9. The van der Waals surface area contributed by atoms with E-state index in [1.807, 2.05) is 0 Å². The van der Waals surface area contributed by atoms with Crippen molar-refractivity contribution in [3.8, 4) is 0 Å². The fourth-order valence-corrected chi connectivity index (χ4v) is 3.46. The Morgan fingerprint density at radius 1 is 1.23 bits per heavy atom. The highest BCUT2D eigenvalue weighted by molar-refractivity contribution is 7.11. The van der Waals surface area contributed by atoms with Gasteiger partial charge < -0.3 is 0 Å². The van der Waals surface area contributed by atoms with Crippen LogP contribution < -0.4 is 0 Å². The van der Waals surface area contributed by atoms with Gasteiger partial charge in [-0.1, -0.05) is 54.2 Å². The lowest BCUT2D eigenvalue weighted by Crippen LogP contribution is -2.25. The zero-order chi connectivity index (χ0) is 17.0. The highest BCUT2D eigenvalue weighted by Gasteiger charge is 2.28. The Morgan fingerprint density at radius 2 is 1.86 bits per heavy atom. The maximum Gasteiger partial charge on any atom is 0.133 e. The minimum atomic E-state index is 0.0834. The molecule has 124 valence electrons. The van der Waals surface area contributed by atoms with Gasteiger partial charge in [-0.2, -0.15) is 0 Å². The molecule has 0 N–H and O–H groups in total. The molecule has 0 fully saturated rings. The highest BCUT2D eigenvalue weighted by Crippen LogP contribution is 2.36. The van der Waals surface area contributed by atoms with Gasteiger partial charge in [0.2, 0.25) is 0 Å². The summed E-state index contributed by atoms with van der Waals surface area (Å²) in [5, 5.41) is 2.09. The van der Waals surface area contributed by atoms with Gasteiger partial charge in [-0.25, -0.2) is 0 Å². The summed E-state index contributed by atoms with van der Waals surface area (Å²) in [6.07, 6.45) is 3.38. The van der Waals surface area contributed by atoms with E-state index in [1.165, 1.54) is 10.5 Å². The standard InChI is InChI=1S/C20H32OS/c1-15(18-9-8-12-22-18)10-11-16(20(5,6)7)13-17(21)14-19(2,3)4/h8-9,12,16H,1,10-11,13-14H2,2-7H3. The van der Waals surface area contributed by atoms with Crippen LogP contribution in [0.1, 0.15) is 72.1 Å². The van der Waals surface area contributed by atoms with Crippen molar-refractivity contribution in [2.45, 2.75) is 67.2 Å². The van der Waals surface area contributed by atoms with Gasteiger partial charge in [-0.15, -0.1) is 11.3 Å². The quantitative estimate of drug-likeness (QED) is 0.553. The molecular formula is C20H32OS. The van der Waals surface area contributed by atoms with Crippen molar-refractivity contribution in [3.05, 3.63) is 29.0 Å².